The normalized spacial score (nSPS) is 25.3. The molecule has 2 aliphatic rings. The lowest BCUT2D eigenvalue weighted by molar-refractivity contribution is 0.0325. The van der Waals surface area contributed by atoms with Gasteiger partial charge in [-0.05, 0) is 48.9 Å². The van der Waals surface area contributed by atoms with Crippen molar-refractivity contribution in [3.63, 3.8) is 0 Å². The van der Waals surface area contributed by atoms with Gasteiger partial charge in [0.1, 0.15) is 0 Å². The number of nitrogens with zero attached hydrogens (tertiary/aromatic N) is 1. The highest BCUT2D eigenvalue weighted by atomic mass is 19.2. The molecule has 0 spiro atoms. The Hall–Kier alpha value is -1.85. The van der Waals surface area contributed by atoms with Crippen LogP contribution in [0, 0.1) is 17.5 Å². The predicted molar refractivity (Wildman–Crippen MR) is 88.2 cm³/mol. The predicted octanol–water partition coefficient (Wildman–Crippen LogP) is 4.33. The van der Waals surface area contributed by atoms with Gasteiger partial charge in [-0.25, -0.2) is 13.2 Å². The Morgan fingerprint density at radius 2 is 1.64 bits per heavy atom. The van der Waals surface area contributed by atoms with Gasteiger partial charge in [-0.1, -0.05) is 30.3 Å². The SMILES string of the molecule is OC1([C@H]2CC[C@@H](c3cc(F)c(F)c(F)c3)N2Cc2ccccc2)CC1. The number of halogens is 3. The molecule has 0 unspecified atom stereocenters. The van der Waals surface area contributed by atoms with Crippen LogP contribution in [0.4, 0.5) is 13.2 Å². The van der Waals surface area contributed by atoms with Crippen molar-refractivity contribution in [2.75, 3.05) is 0 Å². The molecule has 132 valence electrons. The lowest BCUT2D eigenvalue weighted by atomic mass is 10.0. The molecule has 1 saturated carbocycles. The van der Waals surface area contributed by atoms with Gasteiger partial charge >= 0.3 is 0 Å². The number of benzene rings is 2. The average Bonchev–Trinajstić information content (AvgIpc) is 3.20. The first-order chi connectivity index (χ1) is 12.0. The van der Waals surface area contributed by atoms with Crippen molar-refractivity contribution in [3.8, 4) is 0 Å². The first kappa shape index (κ1) is 16.6. The van der Waals surface area contributed by atoms with E-state index in [9.17, 15) is 18.3 Å². The third-order valence-corrected chi connectivity index (χ3v) is 5.50. The summed E-state index contributed by atoms with van der Waals surface area (Å²) in [5.41, 5.74) is 0.798. The Morgan fingerprint density at radius 3 is 2.24 bits per heavy atom. The number of hydrogen-bond donors (Lipinski definition) is 1. The van der Waals surface area contributed by atoms with E-state index in [1.165, 1.54) is 0 Å². The monoisotopic (exact) mass is 347 g/mol. The fourth-order valence-electron chi connectivity index (χ4n) is 4.04. The molecule has 0 aromatic heterocycles. The summed E-state index contributed by atoms with van der Waals surface area (Å²) in [4.78, 5) is 2.12. The molecule has 1 heterocycles. The summed E-state index contributed by atoms with van der Waals surface area (Å²) < 4.78 is 40.7. The molecule has 2 fully saturated rings. The lowest BCUT2D eigenvalue weighted by Gasteiger charge is -2.33. The zero-order chi connectivity index (χ0) is 17.6. The van der Waals surface area contributed by atoms with Crippen molar-refractivity contribution < 1.29 is 18.3 Å². The Balaban J connectivity index is 1.68. The Morgan fingerprint density at radius 1 is 1.00 bits per heavy atom. The molecule has 0 bridgehead atoms. The first-order valence-electron chi connectivity index (χ1n) is 8.64. The van der Waals surface area contributed by atoms with Crippen molar-refractivity contribution in [3.05, 3.63) is 71.0 Å². The van der Waals surface area contributed by atoms with Gasteiger partial charge in [-0.3, -0.25) is 4.90 Å². The summed E-state index contributed by atoms with van der Waals surface area (Å²) in [6.45, 7) is 0.582. The fraction of sp³-hybridized carbons (Fsp3) is 0.400. The lowest BCUT2D eigenvalue weighted by Crippen LogP contribution is -2.41. The van der Waals surface area contributed by atoms with E-state index in [0.717, 1.165) is 37.0 Å². The second kappa shape index (κ2) is 6.15. The largest absolute Gasteiger partial charge is 0.388 e. The smallest absolute Gasteiger partial charge is 0.194 e. The van der Waals surface area contributed by atoms with E-state index in [4.69, 9.17) is 0 Å². The molecule has 2 aromatic rings. The minimum Gasteiger partial charge on any atom is -0.388 e. The molecule has 2 nitrogen and oxygen atoms in total. The molecule has 4 rings (SSSR count). The van der Waals surface area contributed by atoms with Gasteiger partial charge in [0.15, 0.2) is 17.5 Å². The zero-order valence-electron chi connectivity index (χ0n) is 13.8. The molecular weight excluding hydrogens is 327 g/mol. The number of aliphatic hydroxyl groups is 1. The van der Waals surface area contributed by atoms with Crippen LogP contribution < -0.4 is 0 Å². The van der Waals surface area contributed by atoms with Gasteiger partial charge in [0, 0.05) is 18.6 Å². The van der Waals surface area contributed by atoms with Crippen molar-refractivity contribution in [1.29, 1.82) is 0 Å². The summed E-state index contributed by atoms with van der Waals surface area (Å²) in [5, 5.41) is 10.6. The molecule has 2 atom stereocenters. The van der Waals surface area contributed by atoms with E-state index < -0.39 is 23.1 Å². The minimum atomic E-state index is -1.44. The maximum atomic E-state index is 13.7. The highest BCUT2D eigenvalue weighted by Gasteiger charge is 2.53. The van der Waals surface area contributed by atoms with Gasteiger partial charge in [0.05, 0.1) is 5.60 Å². The van der Waals surface area contributed by atoms with Crippen molar-refractivity contribution in [2.45, 2.75) is 49.9 Å². The second-order valence-corrected chi connectivity index (χ2v) is 7.17. The van der Waals surface area contributed by atoms with Crippen molar-refractivity contribution in [2.24, 2.45) is 0 Å². The summed E-state index contributed by atoms with van der Waals surface area (Å²) >= 11 is 0. The Kier molecular flexibility index (Phi) is 4.08. The van der Waals surface area contributed by atoms with Crippen LogP contribution in [-0.4, -0.2) is 21.6 Å². The van der Waals surface area contributed by atoms with Crippen LogP contribution >= 0.6 is 0 Å². The topological polar surface area (TPSA) is 23.5 Å². The minimum absolute atomic E-state index is 0.0473. The quantitative estimate of drug-likeness (QED) is 0.832. The molecular formula is C20H20F3NO. The van der Waals surface area contributed by atoms with Crippen molar-refractivity contribution in [1.82, 2.24) is 4.90 Å². The van der Waals surface area contributed by atoms with Crippen LogP contribution in [0.1, 0.15) is 42.9 Å². The molecule has 5 heteroatoms. The Labute approximate surface area is 144 Å². The second-order valence-electron chi connectivity index (χ2n) is 7.17. The summed E-state index contributed by atoms with van der Waals surface area (Å²) in [6, 6.07) is 11.7. The Bertz CT molecular complexity index is 753. The van der Waals surface area contributed by atoms with Crippen LogP contribution in [0.25, 0.3) is 0 Å². The summed E-state index contributed by atoms with van der Waals surface area (Å²) in [5.74, 6) is -3.76. The maximum absolute atomic E-state index is 13.7. The molecule has 2 aromatic carbocycles. The van der Waals surface area contributed by atoms with Crippen LogP contribution in [0.5, 0.6) is 0 Å². The number of rotatable bonds is 4. The first-order valence-corrected chi connectivity index (χ1v) is 8.64. The standard InChI is InChI=1S/C20H20F3NO/c21-15-10-14(11-16(22)19(15)23)17-6-7-18(20(25)8-9-20)24(17)12-13-4-2-1-3-5-13/h1-5,10-11,17-18,25H,6-9,12H2/t17-,18+/m0/s1. The van der Waals surface area contributed by atoms with E-state index in [2.05, 4.69) is 4.90 Å². The molecule has 0 amide bonds. The van der Waals surface area contributed by atoms with E-state index >= 15 is 0 Å². The maximum Gasteiger partial charge on any atom is 0.194 e. The number of hydrogen-bond acceptors (Lipinski definition) is 2. The van der Waals surface area contributed by atoms with E-state index in [1.54, 1.807) is 0 Å². The third kappa shape index (κ3) is 3.07. The molecule has 1 aliphatic heterocycles. The van der Waals surface area contributed by atoms with Gasteiger partial charge in [-0.15, -0.1) is 0 Å². The van der Waals surface area contributed by atoms with Gasteiger partial charge in [0.2, 0.25) is 0 Å². The molecule has 1 N–H and O–H groups in total. The van der Waals surface area contributed by atoms with Crippen molar-refractivity contribution >= 4 is 0 Å². The summed E-state index contributed by atoms with van der Waals surface area (Å²) in [6.07, 6.45) is 2.95. The van der Waals surface area contributed by atoms with Gasteiger partial charge < -0.3 is 5.11 Å². The van der Waals surface area contributed by atoms with Crippen LogP contribution in [0.2, 0.25) is 0 Å². The van der Waals surface area contributed by atoms with E-state index in [-0.39, 0.29) is 12.1 Å². The molecule has 25 heavy (non-hydrogen) atoms. The third-order valence-electron chi connectivity index (χ3n) is 5.50. The molecule has 0 radical (unpaired) electrons. The van der Waals surface area contributed by atoms with Gasteiger partial charge in [0.25, 0.3) is 0 Å². The van der Waals surface area contributed by atoms with E-state index in [0.29, 0.717) is 18.5 Å². The highest BCUT2D eigenvalue weighted by molar-refractivity contribution is 5.26. The number of likely N-dealkylation sites (tertiary alicyclic amines) is 1. The average molecular weight is 347 g/mol. The van der Waals surface area contributed by atoms with Crippen LogP contribution in [0.3, 0.4) is 0 Å². The van der Waals surface area contributed by atoms with Gasteiger partial charge in [-0.2, -0.15) is 0 Å². The van der Waals surface area contributed by atoms with Crippen LogP contribution in [0.15, 0.2) is 42.5 Å². The van der Waals surface area contributed by atoms with Crippen LogP contribution in [-0.2, 0) is 6.54 Å². The molecule has 1 saturated heterocycles. The zero-order valence-corrected chi connectivity index (χ0v) is 13.8. The molecule has 1 aliphatic carbocycles. The fourth-order valence-corrected chi connectivity index (χ4v) is 4.04. The summed E-state index contributed by atoms with van der Waals surface area (Å²) in [7, 11) is 0. The van der Waals surface area contributed by atoms with E-state index in [1.807, 2.05) is 30.3 Å². The highest BCUT2D eigenvalue weighted by Crippen LogP contribution is 2.50.